The van der Waals surface area contributed by atoms with Crippen LogP contribution in [-0.2, 0) is 0 Å². The van der Waals surface area contributed by atoms with Gasteiger partial charge < -0.3 is 0 Å². The Morgan fingerprint density at radius 1 is 0.125 bits per heavy atom. The molecule has 0 aromatic heterocycles. The van der Waals surface area contributed by atoms with E-state index in [0.29, 0.717) is 0 Å². The van der Waals surface area contributed by atoms with Crippen molar-refractivity contribution in [1.29, 1.82) is 0 Å². The lowest BCUT2D eigenvalue weighted by molar-refractivity contribution is 1.63. The van der Waals surface area contributed by atoms with Crippen molar-refractivity contribution in [3.05, 3.63) is 243 Å². The quantitative estimate of drug-likeness (QED) is 0.120. The summed E-state index contributed by atoms with van der Waals surface area (Å²) in [5.41, 5.74) is 12.5. The summed E-state index contributed by atoms with van der Waals surface area (Å²) < 4.78 is 0. The Balaban J connectivity index is 0.953. The van der Waals surface area contributed by atoms with Crippen LogP contribution in [0.1, 0.15) is 0 Å². The summed E-state index contributed by atoms with van der Waals surface area (Å²) in [6.45, 7) is 0. The van der Waals surface area contributed by atoms with E-state index in [4.69, 9.17) is 0 Å². The maximum Gasteiger partial charge on any atom is -0.00261 e. The van der Waals surface area contributed by atoms with Crippen LogP contribution in [-0.4, -0.2) is 0 Å². The van der Waals surface area contributed by atoms with Crippen molar-refractivity contribution in [1.82, 2.24) is 0 Å². The van der Waals surface area contributed by atoms with Crippen molar-refractivity contribution in [3.8, 4) is 55.6 Å². The second-order valence-electron chi connectivity index (χ2n) is 17.1. The number of fused-ring (bicyclic) bond motifs is 10. The number of rotatable bonds is 5. The molecule has 0 unspecified atom stereocenters. The molecule has 0 saturated heterocycles. The van der Waals surface area contributed by atoms with Crippen LogP contribution >= 0.6 is 0 Å². The minimum atomic E-state index is 1.21. The van der Waals surface area contributed by atoms with Gasteiger partial charge in [0.15, 0.2) is 0 Å². The zero-order valence-electron chi connectivity index (χ0n) is 35.1. The third-order valence-electron chi connectivity index (χ3n) is 13.6. The standard InChI is InChI=1S/C64H40/c1-3-17-42(18-4-1)61-51-23-9-11-25-53(51)63(54-26-12-10-24-52(54)61)44-33-31-41(32-34-44)45-35-37-49-50-38-36-46(40-60(50)48-22-8-7-21-47(48)59(49)39-45)64-57-29-15-13-27-55(57)62(43-19-5-2-6-20-43)56-28-14-16-30-58(56)64/h1-40H. The fourth-order valence-electron chi connectivity index (χ4n) is 10.8. The van der Waals surface area contributed by atoms with E-state index in [1.807, 2.05) is 0 Å². The maximum absolute atomic E-state index is 2.44. The van der Waals surface area contributed by atoms with E-state index in [0.717, 1.165) is 0 Å². The van der Waals surface area contributed by atoms with E-state index in [1.165, 1.54) is 131 Å². The molecule has 0 atom stereocenters. The average Bonchev–Trinajstić information content (AvgIpc) is 3.37. The molecule has 13 aromatic carbocycles. The first-order valence-corrected chi connectivity index (χ1v) is 22.3. The molecule has 0 bridgehead atoms. The first kappa shape index (κ1) is 36.3. The Labute approximate surface area is 371 Å². The van der Waals surface area contributed by atoms with E-state index in [2.05, 4.69) is 243 Å². The Bertz CT molecular complexity index is 3840. The highest BCUT2D eigenvalue weighted by molar-refractivity contribution is 6.28. The molecule has 0 N–H and O–H groups in total. The highest BCUT2D eigenvalue weighted by atomic mass is 14.2. The molecule has 13 aromatic rings. The topological polar surface area (TPSA) is 0 Å². The minimum absolute atomic E-state index is 1.21. The third-order valence-corrected chi connectivity index (χ3v) is 13.6. The highest BCUT2D eigenvalue weighted by Gasteiger charge is 2.19. The molecule has 0 saturated carbocycles. The van der Waals surface area contributed by atoms with E-state index < -0.39 is 0 Å². The normalized spacial score (nSPS) is 11.8. The molecule has 0 fully saturated rings. The van der Waals surface area contributed by atoms with Crippen LogP contribution in [0.4, 0.5) is 0 Å². The van der Waals surface area contributed by atoms with Gasteiger partial charge >= 0.3 is 0 Å². The van der Waals surface area contributed by atoms with Gasteiger partial charge in [-0.25, -0.2) is 0 Å². The molecule has 0 aliphatic carbocycles. The summed E-state index contributed by atoms with van der Waals surface area (Å²) >= 11 is 0. The SMILES string of the molecule is c1ccc(-c2c3ccccc3c(-c3ccc(-c4ccc5c6ccc(-c7c8ccccc8c(-c8ccccc8)c8ccccc78)cc6c6ccccc6c5c4)cc3)c3ccccc23)cc1. The summed E-state index contributed by atoms with van der Waals surface area (Å²) in [6.07, 6.45) is 0. The van der Waals surface area contributed by atoms with Gasteiger partial charge in [-0.15, -0.1) is 0 Å². The van der Waals surface area contributed by atoms with Crippen molar-refractivity contribution in [3.63, 3.8) is 0 Å². The molecule has 296 valence electrons. The predicted molar refractivity (Wildman–Crippen MR) is 276 cm³/mol. The zero-order chi connectivity index (χ0) is 42.1. The number of hydrogen-bond donors (Lipinski definition) is 0. The van der Waals surface area contributed by atoms with Gasteiger partial charge in [0.25, 0.3) is 0 Å². The lowest BCUT2D eigenvalue weighted by atomic mass is 9.84. The molecular weight excluding hydrogens is 769 g/mol. The monoisotopic (exact) mass is 808 g/mol. The number of benzene rings is 13. The van der Waals surface area contributed by atoms with Gasteiger partial charge in [0.1, 0.15) is 0 Å². The van der Waals surface area contributed by atoms with E-state index >= 15 is 0 Å². The van der Waals surface area contributed by atoms with E-state index in [1.54, 1.807) is 0 Å². The molecule has 0 nitrogen and oxygen atoms in total. The van der Waals surface area contributed by atoms with Crippen molar-refractivity contribution < 1.29 is 0 Å². The molecule has 0 aliphatic heterocycles. The predicted octanol–water partition coefficient (Wildman–Crippen LogP) is 18.1. The van der Waals surface area contributed by atoms with Gasteiger partial charge in [-0.3, -0.25) is 0 Å². The second kappa shape index (κ2) is 14.7. The molecule has 0 heterocycles. The van der Waals surface area contributed by atoms with Crippen LogP contribution in [0.5, 0.6) is 0 Å². The van der Waals surface area contributed by atoms with Crippen molar-refractivity contribution in [2.24, 2.45) is 0 Å². The van der Waals surface area contributed by atoms with Gasteiger partial charge in [-0.05, 0) is 143 Å². The van der Waals surface area contributed by atoms with Gasteiger partial charge in [-0.2, -0.15) is 0 Å². The Morgan fingerprint density at radius 2 is 0.359 bits per heavy atom. The molecule has 0 aliphatic rings. The van der Waals surface area contributed by atoms with E-state index in [9.17, 15) is 0 Å². The van der Waals surface area contributed by atoms with Crippen molar-refractivity contribution in [2.75, 3.05) is 0 Å². The third kappa shape index (κ3) is 5.63. The molecular formula is C64H40. The molecule has 13 rings (SSSR count). The maximum atomic E-state index is 2.44. The van der Waals surface area contributed by atoms with Crippen LogP contribution in [0.15, 0.2) is 243 Å². The van der Waals surface area contributed by atoms with Crippen molar-refractivity contribution >= 4 is 75.4 Å². The lowest BCUT2D eigenvalue weighted by Crippen LogP contribution is -1.91. The lowest BCUT2D eigenvalue weighted by Gasteiger charge is -2.19. The summed E-state index contributed by atoms with van der Waals surface area (Å²) in [4.78, 5) is 0. The van der Waals surface area contributed by atoms with Gasteiger partial charge in [0, 0.05) is 0 Å². The Morgan fingerprint density at radius 3 is 0.734 bits per heavy atom. The smallest absolute Gasteiger partial charge is 0.00261 e. The summed E-state index contributed by atoms with van der Waals surface area (Å²) in [7, 11) is 0. The Hall–Kier alpha value is -8.32. The van der Waals surface area contributed by atoms with Crippen LogP contribution < -0.4 is 0 Å². The summed E-state index contributed by atoms with van der Waals surface area (Å²) in [5.74, 6) is 0. The highest BCUT2D eigenvalue weighted by Crippen LogP contribution is 2.47. The van der Waals surface area contributed by atoms with Crippen LogP contribution in [0.3, 0.4) is 0 Å². The van der Waals surface area contributed by atoms with Crippen LogP contribution in [0.2, 0.25) is 0 Å². The van der Waals surface area contributed by atoms with Crippen LogP contribution in [0, 0.1) is 0 Å². The average molecular weight is 809 g/mol. The Kier molecular flexibility index (Phi) is 8.32. The van der Waals surface area contributed by atoms with E-state index in [-0.39, 0.29) is 0 Å². The van der Waals surface area contributed by atoms with Gasteiger partial charge in [0.2, 0.25) is 0 Å². The molecule has 0 heteroatoms. The van der Waals surface area contributed by atoms with Gasteiger partial charge in [0.05, 0.1) is 0 Å². The molecule has 64 heavy (non-hydrogen) atoms. The van der Waals surface area contributed by atoms with Crippen LogP contribution in [0.25, 0.3) is 131 Å². The fourth-order valence-corrected chi connectivity index (χ4v) is 10.8. The second-order valence-corrected chi connectivity index (χ2v) is 17.1. The zero-order valence-corrected chi connectivity index (χ0v) is 35.1. The first-order valence-electron chi connectivity index (χ1n) is 22.3. The fraction of sp³-hybridized carbons (Fsp3) is 0. The number of hydrogen-bond acceptors (Lipinski definition) is 0. The molecule has 0 radical (unpaired) electrons. The molecule has 0 spiro atoms. The van der Waals surface area contributed by atoms with Crippen molar-refractivity contribution in [2.45, 2.75) is 0 Å². The summed E-state index contributed by atoms with van der Waals surface area (Å²) in [6, 6.07) is 89.7. The van der Waals surface area contributed by atoms with Gasteiger partial charge in [-0.1, -0.05) is 231 Å². The minimum Gasteiger partial charge on any atom is -0.0622 e. The first-order chi connectivity index (χ1) is 31.8. The largest absolute Gasteiger partial charge is 0.0622 e. The summed E-state index contributed by atoms with van der Waals surface area (Å²) in [5, 5.41) is 17.8. The molecule has 0 amide bonds.